The number of nitrogens with one attached hydrogen (secondary N) is 1. The van der Waals surface area contributed by atoms with E-state index in [-0.39, 0.29) is 18.3 Å². The van der Waals surface area contributed by atoms with E-state index in [2.05, 4.69) is 15.5 Å². The lowest BCUT2D eigenvalue weighted by Crippen LogP contribution is -2.15. The molecular formula is C22H25ClN4O2S. The fraction of sp³-hybridized carbons (Fsp3) is 0.318. The number of carbonyl (C=O) groups excluding carboxylic acids is 1. The van der Waals surface area contributed by atoms with Gasteiger partial charge >= 0.3 is 0 Å². The number of hydrogen-bond donors (Lipinski definition) is 1. The Morgan fingerprint density at radius 2 is 1.83 bits per heavy atom. The van der Waals surface area contributed by atoms with Gasteiger partial charge in [0.25, 0.3) is 0 Å². The molecule has 158 valence electrons. The van der Waals surface area contributed by atoms with Crippen molar-refractivity contribution in [2.45, 2.75) is 46.0 Å². The Bertz CT molecular complexity index is 1030. The summed E-state index contributed by atoms with van der Waals surface area (Å²) in [5, 5.41) is 12.9. The number of amides is 1. The standard InChI is InChI=1S/C22H25ClN4O2S/c1-5-27-19(12-29-17-10-15(3)21(23)16(4)11-17)25-26-22(27)30-13-20(28)24-18-9-7-6-8-14(18)2/h6-11H,5,12-13H2,1-4H3,(H,24,28). The Hall–Kier alpha value is -2.51. The number of halogens is 1. The van der Waals surface area contributed by atoms with Gasteiger partial charge in [0.05, 0.1) is 5.75 Å². The van der Waals surface area contributed by atoms with E-state index in [0.717, 1.165) is 33.1 Å². The quantitative estimate of drug-likeness (QED) is 0.484. The summed E-state index contributed by atoms with van der Waals surface area (Å²) in [6, 6.07) is 11.5. The zero-order valence-electron chi connectivity index (χ0n) is 17.5. The highest BCUT2D eigenvalue weighted by Crippen LogP contribution is 2.26. The van der Waals surface area contributed by atoms with Crippen LogP contribution in [-0.4, -0.2) is 26.4 Å². The Balaban J connectivity index is 1.61. The SMILES string of the molecule is CCn1c(COc2cc(C)c(Cl)c(C)c2)nnc1SCC(=O)Nc1ccccc1C. The second kappa shape index (κ2) is 10.00. The van der Waals surface area contributed by atoms with Crippen LogP contribution in [0, 0.1) is 20.8 Å². The predicted molar refractivity (Wildman–Crippen MR) is 121 cm³/mol. The van der Waals surface area contributed by atoms with Gasteiger partial charge in [-0.2, -0.15) is 0 Å². The van der Waals surface area contributed by atoms with Gasteiger partial charge in [0.2, 0.25) is 5.91 Å². The van der Waals surface area contributed by atoms with Crippen molar-refractivity contribution in [2.24, 2.45) is 0 Å². The van der Waals surface area contributed by atoms with E-state index in [1.807, 2.05) is 68.7 Å². The van der Waals surface area contributed by atoms with Crippen LogP contribution in [0.25, 0.3) is 0 Å². The molecule has 30 heavy (non-hydrogen) atoms. The number of benzene rings is 2. The molecule has 6 nitrogen and oxygen atoms in total. The van der Waals surface area contributed by atoms with Gasteiger partial charge in [0, 0.05) is 17.3 Å². The third-order valence-electron chi connectivity index (χ3n) is 4.64. The minimum absolute atomic E-state index is 0.0788. The number of aryl methyl sites for hydroxylation is 3. The molecule has 1 heterocycles. The van der Waals surface area contributed by atoms with Crippen LogP contribution in [0.3, 0.4) is 0 Å². The van der Waals surface area contributed by atoms with E-state index in [9.17, 15) is 4.79 Å². The summed E-state index contributed by atoms with van der Waals surface area (Å²) in [6.45, 7) is 8.86. The predicted octanol–water partition coefficient (Wildman–Crippen LogP) is 5.19. The molecule has 0 atom stereocenters. The Kier molecular flexibility index (Phi) is 7.39. The van der Waals surface area contributed by atoms with Crippen molar-refractivity contribution in [2.75, 3.05) is 11.1 Å². The first-order valence-corrected chi connectivity index (χ1v) is 11.0. The number of nitrogens with zero attached hydrogens (tertiary/aromatic N) is 3. The topological polar surface area (TPSA) is 69.0 Å². The smallest absolute Gasteiger partial charge is 0.234 e. The molecule has 0 aliphatic rings. The normalized spacial score (nSPS) is 10.8. The Morgan fingerprint density at radius 3 is 2.50 bits per heavy atom. The van der Waals surface area contributed by atoms with Crippen molar-refractivity contribution in [3.05, 3.63) is 63.9 Å². The summed E-state index contributed by atoms with van der Waals surface area (Å²) in [5.74, 6) is 1.63. The van der Waals surface area contributed by atoms with Gasteiger partial charge in [-0.05, 0) is 62.6 Å². The summed E-state index contributed by atoms with van der Waals surface area (Å²) in [4.78, 5) is 12.3. The van der Waals surface area contributed by atoms with Gasteiger partial charge in [-0.1, -0.05) is 41.6 Å². The van der Waals surface area contributed by atoms with E-state index in [4.69, 9.17) is 16.3 Å². The molecule has 0 saturated heterocycles. The van der Waals surface area contributed by atoms with Crippen LogP contribution in [0.1, 0.15) is 29.4 Å². The lowest BCUT2D eigenvalue weighted by molar-refractivity contribution is -0.113. The fourth-order valence-corrected chi connectivity index (χ4v) is 3.95. The number of para-hydroxylation sites is 1. The molecule has 1 aromatic heterocycles. The van der Waals surface area contributed by atoms with Gasteiger partial charge in [-0.25, -0.2) is 0 Å². The minimum atomic E-state index is -0.0788. The van der Waals surface area contributed by atoms with Gasteiger partial charge in [-0.3, -0.25) is 4.79 Å². The van der Waals surface area contributed by atoms with Crippen molar-refractivity contribution in [1.29, 1.82) is 0 Å². The molecule has 0 aliphatic heterocycles. The summed E-state index contributed by atoms with van der Waals surface area (Å²) in [6.07, 6.45) is 0. The average molecular weight is 445 g/mol. The van der Waals surface area contributed by atoms with Crippen LogP contribution < -0.4 is 10.1 Å². The number of carbonyl (C=O) groups is 1. The monoisotopic (exact) mass is 444 g/mol. The molecule has 3 rings (SSSR count). The second-order valence-electron chi connectivity index (χ2n) is 6.95. The number of aromatic nitrogens is 3. The maximum atomic E-state index is 12.3. The van der Waals surface area contributed by atoms with Crippen LogP contribution in [-0.2, 0) is 17.9 Å². The van der Waals surface area contributed by atoms with Crippen molar-refractivity contribution in [3.63, 3.8) is 0 Å². The van der Waals surface area contributed by atoms with E-state index in [1.54, 1.807) is 0 Å². The van der Waals surface area contributed by atoms with Crippen molar-refractivity contribution >= 4 is 35.0 Å². The second-order valence-corrected chi connectivity index (χ2v) is 8.28. The number of thioether (sulfide) groups is 1. The zero-order chi connectivity index (χ0) is 21.7. The fourth-order valence-electron chi connectivity index (χ4n) is 3.02. The van der Waals surface area contributed by atoms with E-state index < -0.39 is 0 Å². The average Bonchev–Trinajstić information content (AvgIpc) is 3.12. The molecule has 2 aromatic carbocycles. The number of hydrogen-bond acceptors (Lipinski definition) is 5. The van der Waals surface area contributed by atoms with E-state index >= 15 is 0 Å². The highest BCUT2D eigenvalue weighted by molar-refractivity contribution is 7.99. The molecule has 8 heteroatoms. The van der Waals surface area contributed by atoms with E-state index in [0.29, 0.717) is 17.5 Å². The van der Waals surface area contributed by atoms with Crippen molar-refractivity contribution in [1.82, 2.24) is 14.8 Å². The van der Waals surface area contributed by atoms with Gasteiger partial charge in [0.1, 0.15) is 12.4 Å². The van der Waals surface area contributed by atoms with Gasteiger partial charge < -0.3 is 14.6 Å². The van der Waals surface area contributed by atoms with Gasteiger partial charge in [-0.15, -0.1) is 10.2 Å². The summed E-state index contributed by atoms with van der Waals surface area (Å²) >= 11 is 7.58. The number of rotatable bonds is 8. The largest absolute Gasteiger partial charge is 0.486 e. The van der Waals surface area contributed by atoms with Gasteiger partial charge in [0.15, 0.2) is 11.0 Å². The first-order chi connectivity index (χ1) is 14.4. The summed E-state index contributed by atoms with van der Waals surface area (Å²) in [5.41, 5.74) is 3.79. The zero-order valence-corrected chi connectivity index (χ0v) is 19.1. The number of ether oxygens (including phenoxy) is 1. The van der Waals surface area contributed by atoms with Crippen LogP contribution in [0.4, 0.5) is 5.69 Å². The maximum Gasteiger partial charge on any atom is 0.234 e. The minimum Gasteiger partial charge on any atom is -0.486 e. The third kappa shape index (κ3) is 5.34. The molecular weight excluding hydrogens is 420 g/mol. The molecule has 0 fully saturated rings. The molecule has 1 N–H and O–H groups in total. The highest BCUT2D eigenvalue weighted by Gasteiger charge is 2.14. The highest BCUT2D eigenvalue weighted by atomic mass is 35.5. The first-order valence-electron chi connectivity index (χ1n) is 9.69. The van der Waals surface area contributed by atoms with E-state index in [1.165, 1.54) is 11.8 Å². The van der Waals surface area contributed by atoms with Crippen molar-refractivity contribution in [3.8, 4) is 5.75 Å². The molecule has 0 saturated carbocycles. The molecule has 0 radical (unpaired) electrons. The Morgan fingerprint density at radius 1 is 1.13 bits per heavy atom. The maximum absolute atomic E-state index is 12.3. The molecule has 0 bridgehead atoms. The van der Waals surface area contributed by atoms with Crippen LogP contribution in [0.15, 0.2) is 41.6 Å². The molecule has 1 amide bonds. The van der Waals surface area contributed by atoms with Crippen LogP contribution in [0.2, 0.25) is 5.02 Å². The molecule has 0 aliphatic carbocycles. The molecule has 0 unspecified atom stereocenters. The number of anilines is 1. The molecule has 0 spiro atoms. The Labute approximate surface area is 186 Å². The third-order valence-corrected chi connectivity index (χ3v) is 6.20. The van der Waals surface area contributed by atoms with Crippen LogP contribution in [0.5, 0.6) is 5.75 Å². The molecule has 3 aromatic rings. The lowest BCUT2D eigenvalue weighted by atomic mass is 10.1. The van der Waals surface area contributed by atoms with Crippen molar-refractivity contribution < 1.29 is 9.53 Å². The summed E-state index contributed by atoms with van der Waals surface area (Å²) in [7, 11) is 0. The van der Waals surface area contributed by atoms with Crippen LogP contribution >= 0.6 is 23.4 Å². The summed E-state index contributed by atoms with van der Waals surface area (Å²) < 4.78 is 7.87. The first kappa shape index (κ1) is 22.2. The lowest BCUT2D eigenvalue weighted by Gasteiger charge is -2.11.